The summed E-state index contributed by atoms with van der Waals surface area (Å²) >= 11 is 1.30. The fourth-order valence-electron chi connectivity index (χ4n) is 2.10. The molecule has 0 bridgehead atoms. The molecule has 1 saturated carbocycles. The van der Waals surface area contributed by atoms with Gasteiger partial charge in [0.15, 0.2) is 0 Å². The van der Waals surface area contributed by atoms with Crippen LogP contribution >= 0.6 is 11.8 Å². The zero-order chi connectivity index (χ0) is 12.5. The van der Waals surface area contributed by atoms with E-state index in [9.17, 15) is 8.78 Å². The maximum atomic E-state index is 13.4. The topological polar surface area (TPSA) is 46.2 Å². The Morgan fingerprint density at radius 1 is 1.47 bits per heavy atom. The molecule has 3 N–H and O–H groups in total. The van der Waals surface area contributed by atoms with Gasteiger partial charge in [0.2, 0.25) is 0 Å². The second kappa shape index (κ2) is 4.92. The first-order chi connectivity index (χ1) is 8.02. The lowest BCUT2D eigenvalue weighted by molar-refractivity contribution is 0.200. The lowest BCUT2D eigenvalue weighted by atomic mass is 10.0. The number of rotatable bonds is 3. The molecule has 1 aliphatic carbocycles. The number of nitrogens with two attached hydrogens (primary N) is 1. The Kier molecular flexibility index (Phi) is 3.70. The lowest BCUT2D eigenvalue weighted by Crippen LogP contribution is -2.40. The van der Waals surface area contributed by atoms with Crippen LogP contribution in [-0.4, -0.2) is 22.5 Å². The highest BCUT2D eigenvalue weighted by molar-refractivity contribution is 8.00. The fraction of sp³-hybridized carbons (Fsp3) is 0.500. The first kappa shape index (κ1) is 12.8. The van der Waals surface area contributed by atoms with Crippen LogP contribution in [0.4, 0.5) is 8.78 Å². The van der Waals surface area contributed by atoms with Gasteiger partial charge in [-0.2, -0.15) is 0 Å². The number of benzene rings is 1. The van der Waals surface area contributed by atoms with Crippen molar-refractivity contribution in [3.63, 3.8) is 0 Å². The van der Waals surface area contributed by atoms with Crippen LogP contribution in [-0.2, 0) is 0 Å². The van der Waals surface area contributed by atoms with Crippen molar-refractivity contribution in [2.45, 2.75) is 34.9 Å². The molecular weight excluding hydrogens is 244 g/mol. The molecule has 94 valence electrons. The highest BCUT2D eigenvalue weighted by atomic mass is 32.2. The quantitative estimate of drug-likeness (QED) is 0.875. The van der Waals surface area contributed by atoms with Crippen LogP contribution in [0.2, 0.25) is 0 Å². The van der Waals surface area contributed by atoms with E-state index in [1.54, 1.807) is 0 Å². The average molecular weight is 259 g/mol. The highest BCUT2D eigenvalue weighted by Crippen LogP contribution is 2.39. The molecule has 2 unspecified atom stereocenters. The summed E-state index contributed by atoms with van der Waals surface area (Å²) in [4.78, 5) is 0.317. The van der Waals surface area contributed by atoms with E-state index >= 15 is 0 Å². The van der Waals surface area contributed by atoms with Crippen LogP contribution < -0.4 is 5.73 Å². The van der Waals surface area contributed by atoms with Crippen LogP contribution in [0.1, 0.15) is 19.3 Å². The summed E-state index contributed by atoms with van der Waals surface area (Å²) in [6, 6.07) is 3.44. The van der Waals surface area contributed by atoms with Crippen LogP contribution in [0.5, 0.6) is 0 Å². The molecule has 17 heavy (non-hydrogen) atoms. The molecule has 1 fully saturated rings. The third-order valence-corrected chi connectivity index (χ3v) is 4.40. The van der Waals surface area contributed by atoms with Gasteiger partial charge in [0.05, 0.1) is 6.61 Å². The molecule has 2 nitrogen and oxygen atoms in total. The van der Waals surface area contributed by atoms with E-state index in [0.717, 1.165) is 25.0 Å². The number of hydrogen-bond donors (Lipinski definition) is 2. The van der Waals surface area contributed by atoms with Crippen molar-refractivity contribution in [1.29, 1.82) is 0 Å². The van der Waals surface area contributed by atoms with E-state index in [1.807, 2.05) is 0 Å². The SMILES string of the molecule is NC1(CO)CCC(Sc2cc(F)ccc2F)C1. The third kappa shape index (κ3) is 2.97. The van der Waals surface area contributed by atoms with Crippen molar-refractivity contribution in [3.8, 4) is 0 Å². The molecule has 2 rings (SSSR count). The van der Waals surface area contributed by atoms with Gasteiger partial charge in [-0.25, -0.2) is 8.78 Å². The van der Waals surface area contributed by atoms with Crippen molar-refractivity contribution in [2.24, 2.45) is 5.73 Å². The smallest absolute Gasteiger partial charge is 0.136 e. The average Bonchev–Trinajstić information content (AvgIpc) is 2.67. The molecule has 2 atom stereocenters. The molecule has 0 radical (unpaired) electrons. The fourth-order valence-corrected chi connectivity index (χ4v) is 3.47. The van der Waals surface area contributed by atoms with E-state index < -0.39 is 17.2 Å². The number of aliphatic hydroxyl groups is 1. The monoisotopic (exact) mass is 259 g/mol. The number of thioether (sulfide) groups is 1. The van der Waals surface area contributed by atoms with Gasteiger partial charge in [-0.1, -0.05) is 0 Å². The van der Waals surface area contributed by atoms with Crippen molar-refractivity contribution in [3.05, 3.63) is 29.8 Å². The number of halogens is 2. The minimum atomic E-state index is -0.554. The maximum absolute atomic E-state index is 13.4. The van der Waals surface area contributed by atoms with Crippen molar-refractivity contribution < 1.29 is 13.9 Å². The summed E-state index contributed by atoms with van der Waals surface area (Å²) in [5.41, 5.74) is 5.39. The zero-order valence-electron chi connectivity index (χ0n) is 9.33. The van der Waals surface area contributed by atoms with Gasteiger partial charge in [0.25, 0.3) is 0 Å². The predicted octanol–water partition coefficient (Wildman–Crippen LogP) is 2.30. The van der Waals surface area contributed by atoms with E-state index in [0.29, 0.717) is 11.3 Å². The standard InChI is InChI=1S/C12H15F2NOS/c13-8-1-2-10(14)11(5-8)17-9-3-4-12(15,6-9)7-16/h1-2,5,9,16H,3-4,6-7,15H2. The molecule has 1 aliphatic rings. The van der Waals surface area contributed by atoms with Crippen molar-refractivity contribution >= 4 is 11.8 Å². The van der Waals surface area contributed by atoms with Crippen LogP contribution in [0.25, 0.3) is 0 Å². The molecule has 0 saturated heterocycles. The molecule has 0 aliphatic heterocycles. The number of hydrogen-bond acceptors (Lipinski definition) is 3. The molecule has 0 heterocycles. The minimum absolute atomic E-state index is 0.0598. The largest absolute Gasteiger partial charge is 0.394 e. The van der Waals surface area contributed by atoms with E-state index in [2.05, 4.69) is 0 Å². The van der Waals surface area contributed by atoms with Gasteiger partial charge in [-0.3, -0.25) is 0 Å². The summed E-state index contributed by atoms with van der Waals surface area (Å²) in [6.45, 7) is -0.0598. The van der Waals surface area contributed by atoms with Crippen molar-refractivity contribution in [1.82, 2.24) is 0 Å². The van der Waals surface area contributed by atoms with Gasteiger partial charge in [-0.15, -0.1) is 11.8 Å². The van der Waals surface area contributed by atoms with Gasteiger partial charge in [-0.05, 0) is 37.5 Å². The molecule has 5 heteroatoms. The Hall–Kier alpha value is -0.650. The third-order valence-electron chi connectivity index (χ3n) is 3.10. The molecule has 1 aromatic rings. The first-order valence-corrected chi connectivity index (χ1v) is 6.42. The summed E-state index contributed by atoms with van der Waals surface area (Å²) in [5, 5.41) is 9.28. The maximum Gasteiger partial charge on any atom is 0.136 e. The van der Waals surface area contributed by atoms with Gasteiger partial charge in [0, 0.05) is 15.7 Å². The van der Waals surface area contributed by atoms with Gasteiger partial charge in [0.1, 0.15) is 11.6 Å². The molecule has 1 aromatic carbocycles. The molecule has 0 spiro atoms. The molecular formula is C12H15F2NOS. The molecule has 0 aromatic heterocycles. The van der Waals surface area contributed by atoms with Gasteiger partial charge < -0.3 is 10.8 Å². The van der Waals surface area contributed by atoms with Gasteiger partial charge >= 0.3 is 0 Å². The van der Waals surface area contributed by atoms with Crippen LogP contribution in [0, 0.1) is 11.6 Å². The number of aliphatic hydroxyl groups excluding tert-OH is 1. The van der Waals surface area contributed by atoms with Crippen molar-refractivity contribution in [2.75, 3.05) is 6.61 Å². The Labute approximate surface area is 103 Å². The van der Waals surface area contributed by atoms with Crippen LogP contribution in [0.3, 0.4) is 0 Å². The Morgan fingerprint density at radius 2 is 2.24 bits per heavy atom. The lowest BCUT2D eigenvalue weighted by Gasteiger charge is -2.20. The Balaban J connectivity index is 2.05. The summed E-state index contributed by atoms with van der Waals surface area (Å²) in [7, 11) is 0. The first-order valence-electron chi connectivity index (χ1n) is 5.54. The highest BCUT2D eigenvalue weighted by Gasteiger charge is 2.35. The second-order valence-electron chi connectivity index (χ2n) is 4.58. The summed E-state index contributed by atoms with van der Waals surface area (Å²) in [5.74, 6) is -0.844. The van der Waals surface area contributed by atoms with E-state index in [1.165, 1.54) is 17.8 Å². The summed E-state index contributed by atoms with van der Waals surface area (Å²) in [6.07, 6.45) is 2.17. The predicted molar refractivity (Wildman–Crippen MR) is 63.9 cm³/mol. The van der Waals surface area contributed by atoms with Crippen LogP contribution in [0.15, 0.2) is 23.1 Å². The Morgan fingerprint density at radius 3 is 2.88 bits per heavy atom. The molecule has 0 amide bonds. The normalized spacial score (nSPS) is 28.6. The minimum Gasteiger partial charge on any atom is -0.394 e. The summed E-state index contributed by atoms with van der Waals surface area (Å²) < 4.78 is 26.4. The second-order valence-corrected chi connectivity index (χ2v) is 5.92. The Bertz CT molecular complexity index is 415. The van der Waals surface area contributed by atoms with E-state index in [-0.39, 0.29) is 11.9 Å². The van der Waals surface area contributed by atoms with E-state index in [4.69, 9.17) is 10.8 Å². The zero-order valence-corrected chi connectivity index (χ0v) is 10.1.